The van der Waals surface area contributed by atoms with E-state index >= 15 is 0 Å². The molecule has 104 valence electrons. The normalized spacial score (nSPS) is 20.5. The maximum Gasteiger partial charge on any atom is 0.227 e. The molecule has 3 nitrogen and oxygen atoms in total. The van der Waals surface area contributed by atoms with E-state index < -0.39 is 0 Å². The Hall–Kier alpha value is -1.35. The van der Waals surface area contributed by atoms with Crippen molar-refractivity contribution in [2.75, 3.05) is 19.6 Å². The van der Waals surface area contributed by atoms with E-state index in [1.54, 1.807) is 0 Å². The molecule has 0 radical (unpaired) electrons. The first-order valence-corrected chi connectivity index (χ1v) is 7.27. The van der Waals surface area contributed by atoms with Gasteiger partial charge in [0.05, 0.1) is 5.92 Å². The second kappa shape index (κ2) is 6.71. The number of rotatable bonds is 5. The maximum absolute atomic E-state index is 12.5. The van der Waals surface area contributed by atoms with Crippen LogP contribution in [-0.4, -0.2) is 30.4 Å². The molecule has 1 amide bonds. The Balaban J connectivity index is 1.96. The van der Waals surface area contributed by atoms with Crippen LogP contribution in [0.2, 0.25) is 0 Å². The van der Waals surface area contributed by atoms with Crippen molar-refractivity contribution in [2.45, 2.75) is 26.2 Å². The van der Waals surface area contributed by atoms with Gasteiger partial charge in [-0.3, -0.25) is 4.79 Å². The summed E-state index contributed by atoms with van der Waals surface area (Å²) < 4.78 is 0. The Morgan fingerprint density at radius 3 is 2.74 bits per heavy atom. The fourth-order valence-corrected chi connectivity index (χ4v) is 2.79. The van der Waals surface area contributed by atoms with Crippen LogP contribution in [0.5, 0.6) is 0 Å². The number of nitrogens with two attached hydrogens (primary N) is 1. The van der Waals surface area contributed by atoms with Gasteiger partial charge in [-0.2, -0.15) is 0 Å². The predicted octanol–water partition coefficient (Wildman–Crippen LogP) is 2.06. The molecule has 1 aromatic rings. The zero-order valence-electron chi connectivity index (χ0n) is 11.7. The highest BCUT2D eigenvalue weighted by Crippen LogP contribution is 2.21. The molecule has 1 aliphatic rings. The van der Waals surface area contributed by atoms with Crippen molar-refractivity contribution in [3.63, 3.8) is 0 Å². The van der Waals surface area contributed by atoms with Gasteiger partial charge in [-0.15, -0.1) is 0 Å². The molecule has 2 rings (SSSR count). The first-order valence-electron chi connectivity index (χ1n) is 7.27. The summed E-state index contributed by atoms with van der Waals surface area (Å²) in [6, 6.07) is 10.1. The lowest BCUT2D eigenvalue weighted by molar-refractivity contribution is -0.134. The summed E-state index contributed by atoms with van der Waals surface area (Å²) in [4.78, 5) is 14.5. The van der Waals surface area contributed by atoms with Crippen molar-refractivity contribution in [3.8, 4) is 0 Å². The van der Waals surface area contributed by atoms with Crippen molar-refractivity contribution in [1.82, 2.24) is 4.90 Å². The first-order chi connectivity index (χ1) is 9.24. The number of carbonyl (C=O) groups is 1. The SMILES string of the molecule is CCC1CCN(C(=O)C(CN)Cc2ccccc2)C1. The molecule has 0 saturated carbocycles. The molecule has 0 aliphatic carbocycles. The van der Waals surface area contributed by atoms with Gasteiger partial charge < -0.3 is 10.6 Å². The summed E-state index contributed by atoms with van der Waals surface area (Å²) in [6.07, 6.45) is 3.06. The standard InChI is InChI=1S/C16H24N2O/c1-2-13-8-9-18(12-13)16(19)15(11-17)10-14-6-4-3-5-7-14/h3-7,13,15H,2,8-12,17H2,1H3. The fourth-order valence-electron chi connectivity index (χ4n) is 2.79. The van der Waals surface area contributed by atoms with E-state index in [1.807, 2.05) is 23.1 Å². The zero-order chi connectivity index (χ0) is 13.7. The lowest BCUT2D eigenvalue weighted by Gasteiger charge is -2.22. The minimum atomic E-state index is -0.0713. The van der Waals surface area contributed by atoms with Gasteiger partial charge >= 0.3 is 0 Å². The van der Waals surface area contributed by atoms with Gasteiger partial charge in [0, 0.05) is 19.6 Å². The summed E-state index contributed by atoms with van der Waals surface area (Å²) in [5.41, 5.74) is 7.00. The lowest BCUT2D eigenvalue weighted by atomic mass is 9.98. The molecule has 2 unspecified atom stereocenters. The minimum Gasteiger partial charge on any atom is -0.342 e. The lowest BCUT2D eigenvalue weighted by Crippen LogP contribution is -2.38. The third-order valence-corrected chi connectivity index (χ3v) is 4.13. The van der Waals surface area contributed by atoms with Crippen LogP contribution in [-0.2, 0) is 11.2 Å². The summed E-state index contributed by atoms with van der Waals surface area (Å²) in [5.74, 6) is 0.847. The number of benzene rings is 1. The number of carbonyl (C=O) groups excluding carboxylic acids is 1. The highest BCUT2D eigenvalue weighted by Gasteiger charge is 2.29. The Labute approximate surface area is 115 Å². The number of hydrogen-bond acceptors (Lipinski definition) is 2. The van der Waals surface area contributed by atoms with Gasteiger partial charge in [0.25, 0.3) is 0 Å². The van der Waals surface area contributed by atoms with Gasteiger partial charge in [0.1, 0.15) is 0 Å². The van der Waals surface area contributed by atoms with Gasteiger partial charge in [-0.25, -0.2) is 0 Å². The Kier molecular flexibility index (Phi) is 4.97. The molecule has 19 heavy (non-hydrogen) atoms. The Morgan fingerprint density at radius 2 is 2.16 bits per heavy atom. The number of amides is 1. The highest BCUT2D eigenvalue weighted by atomic mass is 16.2. The van der Waals surface area contributed by atoms with Crippen molar-refractivity contribution < 1.29 is 4.79 Å². The van der Waals surface area contributed by atoms with E-state index in [-0.39, 0.29) is 11.8 Å². The largest absolute Gasteiger partial charge is 0.342 e. The maximum atomic E-state index is 12.5. The highest BCUT2D eigenvalue weighted by molar-refractivity contribution is 5.79. The van der Waals surface area contributed by atoms with Crippen molar-refractivity contribution in [1.29, 1.82) is 0 Å². The van der Waals surface area contributed by atoms with Gasteiger partial charge in [0.2, 0.25) is 5.91 Å². The van der Waals surface area contributed by atoms with E-state index in [1.165, 1.54) is 5.56 Å². The molecular weight excluding hydrogens is 236 g/mol. The first kappa shape index (κ1) is 14.1. The average molecular weight is 260 g/mol. The van der Waals surface area contributed by atoms with Crippen LogP contribution < -0.4 is 5.73 Å². The zero-order valence-corrected chi connectivity index (χ0v) is 11.7. The summed E-state index contributed by atoms with van der Waals surface area (Å²) in [7, 11) is 0. The molecule has 0 aromatic heterocycles. The van der Waals surface area contributed by atoms with Crippen LogP contribution in [0.25, 0.3) is 0 Å². The monoisotopic (exact) mass is 260 g/mol. The second-order valence-electron chi connectivity index (χ2n) is 5.47. The Bertz CT molecular complexity index is 404. The van der Waals surface area contributed by atoms with Crippen LogP contribution in [0.15, 0.2) is 30.3 Å². The van der Waals surface area contributed by atoms with Gasteiger partial charge in [-0.05, 0) is 24.3 Å². The van der Waals surface area contributed by atoms with Crippen LogP contribution in [0.1, 0.15) is 25.3 Å². The fraction of sp³-hybridized carbons (Fsp3) is 0.562. The van der Waals surface area contributed by atoms with E-state index in [9.17, 15) is 4.79 Å². The van der Waals surface area contributed by atoms with E-state index in [0.29, 0.717) is 12.5 Å². The van der Waals surface area contributed by atoms with Gasteiger partial charge in [0.15, 0.2) is 0 Å². The molecule has 1 fully saturated rings. The Morgan fingerprint density at radius 1 is 1.42 bits per heavy atom. The number of hydrogen-bond donors (Lipinski definition) is 1. The molecule has 2 atom stereocenters. The smallest absolute Gasteiger partial charge is 0.227 e. The molecule has 1 saturated heterocycles. The molecule has 0 spiro atoms. The van der Waals surface area contributed by atoms with E-state index in [0.717, 1.165) is 32.4 Å². The minimum absolute atomic E-state index is 0.0713. The third-order valence-electron chi connectivity index (χ3n) is 4.13. The van der Waals surface area contributed by atoms with Crippen LogP contribution in [0.3, 0.4) is 0 Å². The number of likely N-dealkylation sites (tertiary alicyclic amines) is 1. The number of nitrogens with zero attached hydrogens (tertiary/aromatic N) is 1. The second-order valence-corrected chi connectivity index (χ2v) is 5.47. The van der Waals surface area contributed by atoms with E-state index in [4.69, 9.17) is 5.73 Å². The molecule has 0 bridgehead atoms. The van der Waals surface area contributed by atoms with Gasteiger partial charge in [-0.1, -0.05) is 43.7 Å². The summed E-state index contributed by atoms with van der Waals surface area (Å²) in [6.45, 7) is 4.45. The molecule has 1 heterocycles. The quantitative estimate of drug-likeness (QED) is 0.881. The molecule has 1 aromatic carbocycles. The van der Waals surface area contributed by atoms with Crippen LogP contribution in [0, 0.1) is 11.8 Å². The van der Waals surface area contributed by atoms with Crippen molar-refractivity contribution >= 4 is 5.91 Å². The molecule has 3 heteroatoms. The third kappa shape index (κ3) is 3.57. The predicted molar refractivity (Wildman–Crippen MR) is 77.7 cm³/mol. The van der Waals surface area contributed by atoms with Crippen LogP contribution >= 0.6 is 0 Å². The molecule has 2 N–H and O–H groups in total. The average Bonchev–Trinajstić information content (AvgIpc) is 2.94. The topological polar surface area (TPSA) is 46.3 Å². The summed E-state index contributed by atoms with van der Waals surface area (Å²) >= 11 is 0. The summed E-state index contributed by atoms with van der Waals surface area (Å²) in [5, 5.41) is 0. The van der Waals surface area contributed by atoms with Crippen molar-refractivity contribution in [2.24, 2.45) is 17.6 Å². The molecular formula is C16H24N2O. The van der Waals surface area contributed by atoms with Crippen LogP contribution in [0.4, 0.5) is 0 Å². The van der Waals surface area contributed by atoms with E-state index in [2.05, 4.69) is 19.1 Å². The molecule has 1 aliphatic heterocycles. The van der Waals surface area contributed by atoms with Crippen molar-refractivity contribution in [3.05, 3.63) is 35.9 Å².